The number of aromatic nitrogens is 6. The Labute approximate surface area is 241 Å². The van der Waals surface area contributed by atoms with E-state index in [0.717, 1.165) is 40.7 Å². The molecule has 0 bridgehead atoms. The molecule has 0 aliphatic carbocycles. The van der Waals surface area contributed by atoms with E-state index in [4.69, 9.17) is 4.74 Å². The average Bonchev–Trinajstić information content (AvgIpc) is 3.62. The van der Waals surface area contributed by atoms with Gasteiger partial charge in [0.1, 0.15) is 5.75 Å². The van der Waals surface area contributed by atoms with Crippen molar-refractivity contribution in [2.24, 2.45) is 0 Å². The number of carbonyl (C=O) groups is 1. The van der Waals surface area contributed by atoms with Gasteiger partial charge >= 0.3 is 18.2 Å². The summed E-state index contributed by atoms with van der Waals surface area (Å²) < 4.78 is 46.9. The van der Waals surface area contributed by atoms with Gasteiger partial charge in [-0.1, -0.05) is 23.5 Å². The Morgan fingerprint density at radius 2 is 1.79 bits per heavy atom. The highest BCUT2D eigenvalue weighted by atomic mass is 32.1. The molecule has 5 rings (SSSR count). The van der Waals surface area contributed by atoms with Crippen molar-refractivity contribution in [3.8, 4) is 27.9 Å². The van der Waals surface area contributed by atoms with Crippen LogP contribution in [0.25, 0.3) is 16.1 Å². The lowest BCUT2D eigenvalue weighted by molar-refractivity contribution is -0.137. The van der Waals surface area contributed by atoms with E-state index in [-0.39, 0.29) is 23.1 Å². The van der Waals surface area contributed by atoms with E-state index in [2.05, 4.69) is 48.1 Å². The maximum absolute atomic E-state index is 13.3. The van der Waals surface area contributed by atoms with Gasteiger partial charge in [0.25, 0.3) is 0 Å². The van der Waals surface area contributed by atoms with Crippen LogP contribution in [0.3, 0.4) is 0 Å². The van der Waals surface area contributed by atoms with Crippen LogP contribution in [0.15, 0.2) is 67.3 Å². The first-order valence-corrected chi connectivity index (χ1v) is 13.5. The zero-order valence-corrected chi connectivity index (χ0v) is 23.1. The third-order valence-electron chi connectivity index (χ3n) is 5.69. The molecular formula is C27H24F3N9O2S. The van der Waals surface area contributed by atoms with Crippen LogP contribution >= 0.6 is 11.3 Å². The molecule has 0 fully saturated rings. The predicted molar refractivity (Wildman–Crippen MR) is 152 cm³/mol. The first-order chi connectivity index (χ1) is 20.2. The van der Waals surface area contributed by atoms with Gasteiger partial charge in [0.05, 0.1) is 51.8 Å². The summed E-state index contributed by atoms with van der Waals surface area (Å²) in [5.41, 5.74) is 0.875. The molecule has 216 valence electrons. The topological polar surface area (TPSA) is 132 Å². The fourth-order valence-corrected chi connectivity index (χ4v) is 4.56. The molecular weight excluding hydrogens is 571 g/mol. The number of benzene rings is 2. The molecule has 5 aromatic rings. The maximum atomic E-state index is 13.3. The van der Waals surface area contributed by atoms with Gasteiger partial charge in [-0.3, -0.25) is 0 Å². The molecule has 3 aromatic heterocycles. The smallest absolute Gasteiger partial charge is 0.416 e. The standard InChI is InChI=1S/C27H24F3N9O2S/c1-3-10-31-26-34-14-23(42-26)17-4-7-20(8-5-17)41-25-32-12-19(13-33-25)35-24(40)36-21-11-18(27(28,29)30)6-9-22(21)39-15-16(2)37-38-39/h4-9,11-15H,3,10H2,1-2H3,(H,31,34)(H2,35,36,40). The number of thiazole rings is 1. The maximum Gasteiger partial charge on any atom is 0.416 e. The lowest BCUT2D eigenvalue weighted by atomic mass is 10.1. The number of urea groups is 1. The Morgan fingerprint density at radius 1 is 1.02 bits per heavy atom. The number of hydrogen-bond donors (Lipinski definition) is 3. The molecule has 42 heavy (non-hydrogen) atoms. The molecule has 0 spiro atoms. The van der Waals surface area contributed by atoms with E-state index in [1.807, 2.05) is 18.3 Å². The summed E-state index contributed by atoms with van der Waals surface area (Å²) in [4.78, 5) is 26.2. The lowest BCUT2D eigenvalue weighted by Gasteiger charge is -2.14. The lowest BCUT2D eigenvalue weighted by Crippen LogP contribution is -2.21. The molecule has 0 saturated heterocycles. The third kappa shape index (κ3) is 6.98. The van der Waals surface area contributed by atoms with Crippen LogP contribution in [-0.4, -0.2) is 42.5 Å². The van der Waals surface area contributed by atoms with Crippen molar-refractivity contribution in [3.63, 3.8) is 0 Å². The number of alkyl halides is 3. The zero-order valence-electron chi connectivity index (χ0n) is 22.3. The Hall–Kier alpha value is -5.05. The van der Waals surface area contributed by atoms with Gasteiger partial charge in [-0.25, -0.2) is 24.4 Å². The van der Waals surface area contributed by atoms with Crippen LogP contribution in [0.2, 0.25) is 0 Å². The second kappa shape index (κ2) is 12.2. The number of halogens is 3. The molecule has 0 atom stereocenters. The third-order valence-corrected chi connectivity index (χ3v) is 6.70. The number of nitrogens with zero attached hydrogens (tertiary/aromatic N) is 6. The van der Waals surface area contributed by atoms with Crippen LogP contribution in [0.1, 0.15) is 24.6 Å². The van der Waals surface area contributed by atoms with Crippen LogP contribution in [-0.2, 0) is 6.18 Å². The Balaban J connectivity index is 1.22. The van der Waals surface area contributed by atoms with Crippen LogP contribution in [0.4, 0.5) is 34.5 Å². The number of anilines is 3. The first-order valence-electron chi connectivity index (χ1n) is 12.7. The van der Waals surface area contributed by atoms with Crippen molar-refractivity contribution >= 4 is 33.9 Å². The molecule has 0 unspecified atom stereocenters. The zero-order chi connectivity index (χ0) is 29.7. The number of nitrogens with one attached hydrogen (secondary N) is 3. The largest absolute Gasteiger partial charge is 0.424 e. The summed E-state index contributed by atoms with van der Waals surface area (Å²) in [6.45, 7) is 4.63. The normalized spacial score (nSPS) is 11.3. The fourth-order valence-electron chi connectivity index (χ4n) is 3.71. The van der Waals surface area contributed by atoms with Crippen molar-refractivity contribution in [2.75, 3.05) is 22.5 Å². The highest BCUT2D eigenvalue weighted by Crippen LogP contribution is 2.34. The molecule has 0 aliphatic heterocycles. The minimum absolute atomic E-state index is 0.0410. The number of carbonyl (C=O) groups excluding carboxylic acids is 1. The molecule has 2 aromatic carbocycles. The van der Waals surface area contributed by atoms with Crippen LogP contribution in [0.5, 0.6) is 11.8 Å². The van der Waals surface area contributed by atoms with Crippen LogP contribution < -0.4 is 20.7 Å². The second-order valence-corrected chi connectivity index (χ2v) is 9.98. The summed E-state index contributed by atoms with van der Waals surface area (Å²) in [5, 5.41) is 16.8. The molecule has 2 amide bonds. The summed E-state index contributed by atoms with van der Waals surface area (Å²) >= 11 is 1.56. The molecule has 11 nitrogen and oxygen atoms in total. The summed E-state index contributed by atoms with van der Waals surface area (Å²) in [6, 6.07) is 9.51. The quantitative estimate of drug-likeness (QED) is 0.170. The van der Waals surface area contributed by atoms with E-state index in [1.54, 1.807) is 30.4 Å². The van der Waals surface area contributed by atoms with Crippen molar-refractivity contribution < 1.29 is 22.7 Å². The number of ether oxygens (including phenoxy) is 1. The minimum atomic E-state index is -4.61. The van der Waals surface area contributed by atoms with E-state index in [9.17, 15) is 18.0 Å². The van der Waals surface area contributed by atoms with Gasteiger partial charge in [0.15, 0.2) is 5.13 Å². The molecule has 0 saturated carbocycles. The van der Waals surface area contributed by atoms with E-state index >= 15 is 0 Å². The Morgan fingerprint density at radius 3 is 2.45 bits per heavy atom. The number of hydrogen-bond acceptors (Lipinski definition) is 9. The minimum Gasteiger partial charge on any atom is -0.424 e. The van der Waals surface area contributed by atoms with Gasteiger partial charge in [-0.2, -0.15) is 13.2 Å². The second-order valence-electron chi connectivity index (χ2n) is 8.95. The van der Waals surface area contributed by atoms with Gasteiger partial charge in [0, 0.05) is 12.7 Å². The molecule has 15 heteroatoms. The number of amides is 2. The fraction of sp³-hybridized carbons (Fsp3) is 0.185. The number of rotatable bonds is 9. The molecule has 3 N–H and O–H groups in total. The first kappa shape index (κ1) is 28.5. The van der Waals surface area contributed by atoms with E-state index < -0.39 is 17.8 Å². The summed E-state index contributed by atoms with van der Waals surface area (Å²) in [7, 11) is 0. The SMILES string of the molecule is CCCNc1ncc(-c2ccc(Oc3ncc(NC(=O)Nc4cc(C(F)(F)F)ccc4-n4cc(C)nn4)cn3)cc2)s1. The van der Waals surface area contributed by atoms with E-state index in [1.165, 1.54) is 29.3 Å². The average molecular weight is 596 g/mol. The van der Waals surface area contributed by atoms with Gasteiger partial charge in [-0.15, -0.1) is 5.10 Å². The Bertz CT molecular complexity index is 1670. The van der Waals surface area contributed by atoms with E-state index in [0.29, 0.717) is 11.4 Å². The van der Waals surface area contributed by atoms with Crippen molar-refractivity contribution in [1.29, 1.82) is 0 Å². The van der Waals surface area contributed by atoms with Crippen molar-refractivity contribution in [2.45, 2.75) is 26.4 Å². The number of aryl methyl sites for hydroxylation is 1. The van der Waals surface area contributed by atoms with Crippen LogP contribution in [0, 0.1) is 6.92 Å². The van der Waals surface area contributed by atoms with Gasteiger partial charge < -0.3 is 20.7 Å². The van der Waals surface area contributed by atoms with Gasteiger partial charge in [0.2, 0.25) is 0 Å². The molecule has 0 radical (unpaired) electrons. The highest BCUT2D eigenvalue weighted by Gasteiger charge is 2.31. The van der Waals surface area contributed by atoms with Crippen molar-refractivity contribution in [3.05, 3.63) is 78.5 Å². The molecule has 3 heterocycles. The predicted octanol–water partition coefficient (Wildman–Crippen LogP) is 6.77. The van der Waals surface area contributed by atoms with Crippen molar-refractivity contribution in [1.82, 2.24) is 29.9 Å². The summed E-state index contributed by atoms with van der Waals surface area (Å²) in [6.07, 6.45) is 2.36. The summed E-state index contributed by atoms with van der Waals surface area (Å²) in [5.74, 6) is 0.506. The Kier molecular flexibility index (Phi) is 8.28. The highest BCUT2D eigenvalue weighted by molar-refractivity contribution is 7.18. The molecule has 0 aliphatic rings. The monoisotopic (exact) mass is 595 g/mol. The van der Waals surface area contributed by atoms with Gasteiger partial charge in [-0.05, 0) is 61.4 Å².